The standard InChI is InChI=1S/C22H21N3OS/c1-2-16-14-27-22-24-20(17-10-6-7-13-23-17)21(25(16)22)19-12-11-18(26-19)15-8-4-3-5-9-15/h3-13,16,20-21H,2,14H2,1H3/t16-,20-,21+/m1/s1. The molecule has 0 unspecified atom stereocenters. The maximum absolute atomic E-state index is 6.35. The van der Waals surface area contributed by atoms with Gasteiger partial charge in [-0.3, -0.25) is 4.98 Å². The Labute approximate surface area is 163 Å². The van der Waals surface area contributed by atoms with E-state index in [-0.39, 0.29) is 12.1 Å². The second kappa shape index (κ2) is 6.89. The molecule has 2 aromatic heterocycles. The molecule has 5 heteroatoms. The molecule has 2 aliphatic heterocycles. The summed E-state index contributed by atoms with van der Waals surface area (Å²) in [6.07, 6.45) is 2.95. The monoisotopic (exact) mass is 375 g/mol. The van der Waals surface area contributed by atoms with Gasteiger partial charge in [-0.05, 0) is 30.7 Å². The van der Waals surface area contributed by atoms with Gasteiger partial charge in [0.25, 0.3) is 0 Å². The summed E-state index contributed by atoms with van der Waals surface area (Å²) in [6.45, 7) is 2.25. The minimum atomic E-state index is -0.0298. The van der Waals surface area contributed by atoms with Crippen molar-refractivity contribution in [2.75, 3.05) is 5.75 Å². The Kier molecular flexibility index (Phi) is 4.24. The molecular formula is C22H21N3OS. The number of fused-ring (bicyclic) bond motifs is 1. The Morgan fingerprint density at radius 2 is 1.93 bits per heavy atom. The number of thioether (sulfide) groups is 1. The van der Waals surface area contributed by atoms with Crippen LogP contribution in [0.4, 0.5) is 0 Å². The van der Waals surface area contributed by atoms with Crippen molar-refractivity contribution in [3.8, 4) is 11.3 Å². The summed E-state index contributed by atoms with van der Waals surface area (Å²) in [6, 6.07) is 21.0. The molecule has 1 saturated heterocycles. The molecule has 3 atom stereocenters. The summed E-state index contributed by atoms with van der Waals surface area (Å²) in [5.74, 6) is 2.95. The lowest BCUT2D eigenvalue weighted by Crippen LogP contribution is -2.35. The number of aliphatic imine (C=N–C) groups is 1. The van der Waals surface area contributed by atoms with E-state index in [4.69, 9.17) is 9.41 Å². The fraction of sp³-hybridized carbons (Fsp3) is 0.273. The summed E-state index contributed by atoms with van der Waals surface area (Å²) in [4.78, 5) is 12.1. The van der Waals surface area contributed by atoms with Crippen LogP contribution in [-0.2, 0) is 0 Å². The molecular weight excluding hydrogens is 354 g/mol. The van der Waals surface area contributed by atoms with Crippen molar-refractivity contribution >= 4 is 16.9 Å². The first-order valence-electron chi connectivity index (χ1n) is 9.40. The van der Waals surface area contributed by atoms with Crippen LogP contribution in [0.25, 0.3) is 11.3 Å². The molecule has 1 fully saturated rings. The fourth-order valence-corrected chi connectivity index (χ4v) is 5.27. The van der Waals surface area contributed by atoms with Crippen LogP contribution in [0, 0.1) is 0 Å². The van der Waals surface area contributed by atoms with Crippen LogP contribution in [0.15, 0.2) is 76.3 Å². The van der Waals surface area contributed by atoms with Crippen LogP contribution in [0.5, 0.6) is 0 Å². The van der Waals surface area contributed by atoms with Crippen molar-refractivity contribution in [3.05, 3.63) is 78.3 Å². The van der Waals surface area contributed by atoms with Gasteiger partial charge in [-0.1, -0.05) is 55.1 Å². The van der Waals surface area contributed by atoms with Gasteiger partial charge in [0.15, 0.2) is 5.17 Å². The average molecular weight is 375 g/mol. The molecule has 1 aromatic carbocycles. The number of aromatic nitrogens is 1. The van der Waals surface area contributed by atoms with Gasteiger partial charge in [-0.25, -0.2) is 4.99 Å². The van der Waals surface area contributed by atoms with E-state index in [2.05, 4.69) is 47.1 Å². The van der Waals surface area contributed by atoms with E-state index in [9.17, 15) is 0 Å². The lowest BCUT2D eigenvalue weighted by atomic mass is 10.0. The molecule has 4 heterocycles. The molecule has 27 heavy (non-hydrogen) atoms. The third-order valence-corrected chi connectivity index (χ3v) is 6.43. The van der Waals surface area contributed by atoms with Gasteiger partial charge in [0.1, 0.15) is 23.6 Å². The molecule has 5 rings (SSSR count). The first-order valence-corrected chi connectivity index (χ1v) is 10.4. The second-order valence-corrected chi connectivity index (χ2v) is 7.89. The van der Waals surface area contributed by atoms with E-state index in [1.165, 1.54) is 0 Å². The normalized spacial score (nSPS) is 24.1. The summed E-state index contributed by atoms with van der Waals surface area (Å²) in [5.41, 5.74) is 2.10. The molecule has 0 N–H and O–H groups in total. The molecule has 0 saturated carbocycles. The Morgan fingerprint density at radius 3 is 2.70 bits per heavy atom. The van der Waals surface area contributed by atoms with Gasteiger partial charge in [0.2, 0.25) is 0 Å². The number of rotatable bonds is 4. The van der Waals surface area contributed by atoms with E-state index in [1.54, 1.807) is 0 Å². The highest BCUT2D eigenvalue weighted by Gasteiger charge is 2.46. The van der Waals surface area contributed by atoms with Gasteiger partial charge >= 0.3 is 0 Å². The second-order valence-electron chi connectivity index (χ2n) is 6.90. The first kappa shape index (κ1) is 16.6. The minimum absolute atomic E-state index is 0.0298. The zero-order chi connectivity index (χ0) is 18.2. The quantitative estimate of drug-likeness (QED) is 0.619. The van der Waals surface area contributed by atoms with Crippen molar-refractivity contribution in [2.45, 2.75) is 31.5 Å². The molecule has 2 aliphatic rings. The molecule has 0 radical (unpaired) electrons. The maximum Gasteiger partial charge on any atom is 0.161 e. The number of benzene rings is 1. The van der Waals surface area contributed by atoms with Crippen molar-refractivity contribution < 1.29 is 4.42 Å². The highest BCUT2D eigenvalue weighted by Crippen LogP contribution is 2.49. The van der Waals surface area contributed by atoms with Gasteiger partial charge in [0.05, 0.1) is 5.69 Å². The molecule has 0 spiro atoms. The first-order chi connectivity index (χ1) is 13.3. The zero-order valence-corrected chi connectivity index (χ0v) is 16.0. The summed E-state index contributed by atoms with van der Waals surface area (Å²) in [7, 11) is 0. The summed E-state index contributed by atoms with van der Waals surface area (Å²) < 4.78 is 6.35. The predicted molar refractivity (Wildman–Crippen MR) is 110 cm³/mol. The van der Waals surface area contributed by atoms with Crippen molar-refractivity contribution in [1.82, 2.24) is 9.88 Å². The lowest BCUT2D eigenvalue weighted by Gasteiger charge is -2.30. The average Bonchev–Trinajstić information content (AvgIpc) is 3.44. The minimum Gasteiger partial charge on any atom is -0.459 e. The number of amidine groups is 1. The molecule has 0 aliphatic carbocycles. The number of hydrogen-bond donors (Lipinski definition) is 0. The van der Waals surface area contributed by atoms with E-state index in [0.29, 0.717) is 6.04 Å². The summed E-state index contributed by atoms with van der Waals surface area (Å²) in [5, 5.41) is 1.13. The van der Waals surface area contributed by atoms with Crippen LogP contribution >= 0.6 is 11.8 Å². The van der Waals surface area contributed by atoms with Crippen LogP contribution in [0.1, 0.15) is 36.9 Å². The van der Waals surface area contributed by atoms with Crippen LogP contribution in [-0.4, -0.2) is 26.8 Å². The molecule has 136 valence electrons. The SMILES string of the molecule is CC[C@@H]1CSC2=N[C@H](c3ccccn3)[C@H](c3ccc(-c4ccccc4)o3)N21. The highest BCUT2D eigenvalue weighted by molar-refractivity contribution is 8.14. The fourth-order valence-electron chi connectivity index (χ4n) is 3.93. The van der Waals surface area contributed by atoms with Crippen LogP contribution < -0.4 is 0 Å². The van der Waals surface area contributed by atoms with E-state index < -0.39 is 0 Å². The van der Waals surface area contributed by atoms with Gasteiger partial charge in [-0.15, -0.1) is 0 Å². The van der Waals surface area contributed by atoms with Gasteiger partial charge in [0, 0.05) is 23.6 Å². The maximum atomic E-state index is 6.35. The number of pyridine rings is 1. The Balaban J connectivity index is 1.56. The van der Waals surface area contributed by atoms with E-state index in [0.717, 1.165) is 40.1 Å². The van der Waals surface area contributed by atoms with Gasteiger partial charge in [-0.2, -0.15) is 0 Å². The number of hydrogen-bond acceptors (Lipinski definition) is 5. The Bertz CT molecular complexity index is 954. The Morgan fingerprint density at radius 1 is 1.07 bits per heavy atom. The number of nitrogens with zero attached hydrogens (tertiary/aromatic N) is 3. The van der Waals surface area contributed by atoms with E-state index in [1.807, 2.05) is 48.3 Å². The molecule has 0 bridgehead atoms. The highest BCUT2D eigenvalue weighted by atomic mass is 32.2. The van der Waals surface area contributed by atoms with Crippen LogP contribution in [0.3, 0.4) is 0 Å². The van der Waals surface area contributed by atoms with Crippen molar-refractivity contribution in [3.63, 3.8) is 0 Å². The van der Waals surface area contributed by atoms with Gasteiger partial charge < -0.3 is 9.32 Å². The third kappa shape index (κ3) is 2.86. The van der Waals surface area contributed by atoms with Crippen LogP contribution in [0.2, 0.25) is 0 Å². The summed E-state index contributed by atoms with van der Waals surface area (Å²) >= 11 is 1.85. The molecule has 0 amide bonds. The van der Waals surface area contributed by atoms with E-state index >= 15 is 0 Å². The predicted octanol–water partition coefficient (Wildman–Crippen LogP) is 5.32. The molecule has 4 nitrogen and oxygen atoms in total. The smallest absolute Gasteiger partial charge is 0.161 e. The topological polar surface area (TPSA) is 41.6 Å². The molecule has 3 aromatic rings. The largest absolute Gasteiger partial charge is 0.459 e. The zero-order valence-electron chi connectivity index (χ0n) is 15.2. The van der Waals surface area contributed by atoms with Crippen molar-refractivity contribution in [2.24, 2.45) is 4.99 Å². The van der Waals surface area contributed by atoms with Crippen molar-refractivity contribution in [1.29, 1.82) is 0 Å². The Hall–Kier alpha value is -2.53. The number of furan rings is 1. The lowest BCUT2D eigenvalue weighted by molar-refractivity contribution is 0.226. The third-order valence-electron chi connectivity index (χ3n) is 5.31.